The van der Waals surface area contributed by atoms with Gasteiger partial charge in [0.15, 0.2) is 15.9 Å². The van der Waals surface area contributed by atoms with Crippen molar-refractivity contribution in [1.29, 1.82) is 0 Å². The van der Waals surface area contributed by atoms with Crippen molar-refractivity contribution in [3.63, 3.8) is 0 Å². The van der Waals surface area contributed by atoms with E-state index in [-0.39, 0.29) is 22.9 Å². The monoisotopic (exact) mass is 390 g/mol. The Morgan fingerprint density at radius 2 is 1.89 bits per heavy atom. The normalized spacial score (nSPS) is 16.5. The molecule has 2 aromatic rings. The molecule has 0 bridgehead atoms. The van der Waals surface area contributed by atoms with Crippen LogP contribution in [0.15, 0.2) is 47.4 Å². The topological polar surface area (TPSA) is 113 Å². The highest BCUT2D eigenvalue weighted by Gasteiger charge is 2.32. The van der Waals surface area contributed by atoms with E-state index < -0.39 is 21.8 Å². The molecule has 0 saturated heterocycles. The highest BCUT2D eigenvalue weighted by molar-refractivity contribution is 7.90. The minimum absolute atomic E-state index is 0.190. The van der Waals surface area contributed by atoms with Gasteiger partial charge in [0.2, 0.25) is 0 Å². The van der Waals surface area contributed by atoms with Gasteiger partial charge in [-0.25, -0.2) is 13.9 Å². The Morgan fingerprint density at radius 1 is 1.22 bits per heavy atom. The Bertz CT molecular complexity index is 1000. The molecule has 1 aliphatic heterocycles. The number of sulfone groups is 1. The zero-order chi connectivity index (χ0) is 19.8. The third kappa shape index (κ3) is 3.79. The smallest absolute Gasteiger partial charge is 0.274 e. The largest absolute Gasteiger partial charge is 0.479 e. The van der Waals surface area contributed by atoms with E-state index in [0.29, 0.717) is 11.4 Å². The van der Waals surface area contributed by atoms with E-state index in [1.165, 1.54) is 29.2 Å². The second-order valence-corrected chi connectivity index (χ2v) is 8.24. The predicted molar refractivity (Wildman–Crippen MR) is 96.5 cm³/mol. The van der Waals surface area contributed by atoms with Crippen LogP contribution in [0.3, 0.4) is 0 Å². The molecule has 0 aliphatic carbocycles. The highest BCUT2D eigenvalue weighted by atomic mass is 32.2. The summed E-state index contributed by atoms with van der Waals surface area (Å²) in [6.45, 7) is 1.82. The second-order valence-electron chi connectivity index (χ2n) is 6.22. The van der Waals surface area contributed by atoms with E-state index in [1.54, 1.807) is 30.6 Å². The molecule has 0 radical (unpaired) electrons. The molecular weight excluding hydrogens is 372 g/mol. The lowest BCUT2D eigenvalue weighted by Gasteiger charge is -2.33. The van der Waals surface area contributed by atoms with Crippen LogP contribution in [0.5, 0.6) is 5.75 Å². The summed E-state index contributed by atoms with van der Waals surface area (Å²) in [4.78, 5) is 25.9. The van der Waals surface area contributed by atoms with Crippen molar-refractivity contribution in [3.05, 3.63) is 53.6 Å². The first-order chi connectivity index (χ1) is 12.7. The van der Waals surface area contributed by atoms with Gasteiger partial charge in [0.05, 0.1) is 17.1 Å². The molecule has 142 valence electrons. The molecule has 3 rings (SSSR count). The van der Waals surface area contributed by atoms with Gasteiger partial charge in [0, 0.05) is 11.8 Å². The van der Waals surface area contributed by atoms with Crippen LogP contribution in [0.25, 0.3) is 0 Å². The lowest BCUT2D eigenvalue weighted by molar-refractivity contribution is -0.125. The van der Waals surface area contributed by atoms with E-state index in [4.69, 9.17) is 9.94 Å². The molecule has 27 heavy (non-hydrogen) atoms. The van der Waals surface area contributed by atoms with Gasteiger partial charge in [0.1, 0.15) is 5.75 Å². The Balaban J connectivity index is 1.93. The number of anilines is 1. The number of hydrogen-bond donors (Lipinski definition) is 2. The number of nitrogens with one attached hydrogen (secondary N) is 1. The molecule has 9 heteroatoms. The lowest BCUT2D eigenvalue weighted by Crippen LogP contribution is -2.44. The zero-order valence-electron chi connectivity index (χ0n) is 14.7. The molecule has 0 spiro atoms. The van der Waals surface area contributed by atoms with Crippen molar-refractivity contribution in [2.45, 2.75) is 24.5 Å². The molecule has 1 heterocycles. The van der Waals surface area contributed by atoms with Gasteiger partial charge in [-0.15, -0.1) is 0 Å². The molecule has 1 atom stereocenters. The van der Waals surface area contributed by atoms with Crippen LogP contribution in [0.2, 0.25) is 0 Å². The van der Waals surface area contributed by atoms with E-state index in [9.17, 15) is 18.0 Å². The van der Waals surface area contributed by atoms with Gasteiger partial charge in [-0.3, -0.25) is 14.8 Å². The summed E-state index contributed by atoms with van der Waals surface area (Å²) in [7, 11) is -3.30. The number of hydroxylamine groups is 1. The first-order valence-electron chi connectivity index (χ1n) is 8.06. The third-order valence-corrected chi connectivity index (χ3v) is 5.35. The first-order valence-corrected chi connectivity index (χ1v) is 9.95. The maximum Gasteiger partial charge on any atom is 0.274 e. The standard InChI is InChI=1S/C18H18N2O6S/c1-11-18(22)20(10-12-3-6-14(7-4-12)27(2,24)25)15-8-5-13(17(21)19-23)9-16(15)26-11/h3-9,11,23H,10H2,1-2H3,(H,19,21). The number of rotatable bonds is 4. The molecule has 2 amide bonds. The van der Waals surface area contributed by atoms with Crippen molar-refractivity contribution < 1.29 is 28.0 Å². The van der Waals surface area contributed by atoms with Crippen LogP contribution < -0.4 is 15.1 Å². The summed E-state index contributed by atoms with van der Waals surface area (Å²) in [6, 6.07) is 10.8. The van der Waals surface area contributed by atoms with Gasteiger partial charge < -0.3 is 9.64 Å². The fraction of sp³-hybridized carbons (Fsp3) is 0.222. The maximum atomic E-state index is 12.6. The highest BCUT2D eigenvalue weighted by Crippen LogP contribution is 2.36. The van der Waals surface area contributed by atoms with Crippen molar-refractivity contribution in [3.8, 4) is 5.75 Å². The number of carbonyl (C=O) groups is 2. The summed E-state index contributed by atoms with van der Waals surface area (Å²) >= 11 is 0. The summed E-state index contributed by atoms with van der Waals surface area (Å²) in [5.41, 5.74) is 2.97. The summed E-state index contributed by atoms with van der Waals surface area (Å²) in [5.74, 6) is -0.598. The second kappa shape index (κ2) is 7.01. The summed E-state index contributed by atoms with van der Waals surface area (Å²) in [5, 5.41) is 8.77. The van der Waals surface area contributed by atoms with E-state index in [1.807, 2.05) is 0 Å². The van der Waals surface area contributed by atoms with Crippen molar-refractivity contribution in [2.24, 2.45) is 0 Å². The molecule has 0 aromatic heterocycles. The lowest BCUT2D eigenvalue weighted by atomic mass is 10.1. The van der Waals surface area contributed by atoms with Crippen LogP contribution in [0.4, 0.5) is 5.69 Å². The predicted octanol–water partition coefficient (Wildman–Crippen LogP) is 1.52. The van der Waals surface area contributed by atoms with Gasteiger partial charge >= 0.3 is 0 Å². The molecule has 2 N–H and O–H groups in total. The maximum absolute atomic E-state index is 12.6. The number of nitrogens with zero attached hydrogens (tertiary/aromatic N) is 1. The minimum Gasteiger partial charge on any atom is -0.479 e. The third-order valence-electron chi connectivity index (χ3n) is 4.22. The SMILES string of the molecule is CC1Oc2cc(C(=O)NO)ccc2N(Cc2ccc(S(C)(=O)=O)cc2)C1=O. The molecule has 0 saturated carbocycles. The van der Waals surface area contributed by atoms with Crippen molar-refractivity contribution in [2.75, 3.05) is 11.2 Å². The summed E-state index contributed by atoms with van der Waals surface area (Å²) in [6.07, 6.45) is 0.381. The van der Waals surface area contributed by atoms with Crippen molar-refractivity contribution >= 4 is 27.3 Å². The van der Waals surface area contributed by atoms with Crippen LogP contribution in [-0.4, -0.2) is 37.8 Å². The Kier molecular flexibility index (Phi) is 4.90. The molecule has 8 nitrogen and oxygen atoms in total. The molecule has 1 unspecified atom stereocenters. The molecule has 0 fully saturated rings. The van der Waals surface area contributed by atoms with Crippen LogP contribution in [0, 0.1) is 0 Å². The van der Waals surface area contributed by atoms with Crippen molar-refractivity contribution in [1.82, 2.24) is 5.48 Å². The minimum atomic E-state index is -3.30. The zero-order valence-corrected chi connectivity index (χ0v) is 15.5. The fourth-order valence-corrected chi connectivity index (χ4v) is 3.43. The number of benzene rings is 2. The van der Waals surface area contributed by atoms with E-state index >= 15 is 0 Å². The van der Waals surface area contributed by atoms with E-state index in [2.05, 4.69) is 0 Å². The number of fused-ring (bicyclic) bond motifs is 1. The van der Waals surface area contributed by atoms with Gasteiger partial charge in [-0.05, 0) is 42.8 Å². The first kappa shape index (κ1) is 18.9. The van der Waals surface area contributed by atoms with Gasteiger partial charge in [0.25, 0.3) is 11.8 Å². The average Bonchev–Trinajstić information content (AvgIpc) is 2.64. The number of hydrogen-bond acceptors (Lipinski definition) is 6. The van der Waals surface area contributed by atoms with E-state index in [0.717, 1.165) is 11.8 Å². The number of carbonyl (C=O) groups excluding carboxylic acids is 2. The van der Waals surface area contributed by atoms with Crippen LogP contribution >= 0.6 is 0 Å². The summed E-state index contributed by atoms with van der Waals surface area (Å²) < 4.78 is 28.7. The molecule has 2 aromatic carbocycles. The quantitative estimate of drug-likeness (QED) is 0.605. The van der Waals surface area contributed by atoms with Crippen LogP contribution in [0.1, 0.15) is 22.8 Å². The Labute approximate surface area is 156 Å². The number of ether oxygens (including phenoxy) is 1. The fourth-order valence-electron chi connectivity index (χ4n) is 2.80. The van der Waals surface area contributed by atoms with Gasteiger partial charge in [-0.2, -0.15) is 0 Å². The van der Waals surface area contributed by atoms with Gasteiger partial charge in [-0.1, -0.05) is 12.1 Å². The molecule has 1 aliphatic rings. The molecular formula is C18H18N2O6S. The number of amides is 2. The average molecular weight is 390 g/mol. The Morgan fingerprint density at radius 3 is 2.48 bits per heavy atom. The van der Waals surface area contributed by atoms with Crippen LogP contribution in [-0.2, 0) is 21.2 Å². The Hall–Kier alpha value is -2.91.